The number of hydrogen-bond acceptors (Lipinski definition) is 7. The van der Waals surface area contributed by atoms with E-state index in [0.29, 0.717) is 23.3 Å². The van der Waals surface area contributed by atoms with Gasteiger partial charge < -0.3 is 36.9 Å². The van der Waals surface area contributed by atoms with Crippen molar-refractivity contribution in [2.75, 3.05) is 12.0 Å². The number of aromatic nitrogens is 1. The summed E-state index contributed by atoms with van der Waals surface area (Å²) in [6.07, 6.45) is 4.23. The number of aromatic hydroxyl groups is 1. The fraction of sp³-hybridized carbons (Fsp3) is 0.294. The van der Waals surface area contributed by atoms with Gasteiger partial charge in [0.15, 0.2) is 0 Å². The summed E-state index contributed by atoms with van der Waals surface area (Å²) in [7, 11) is 0. The first-order valence-corrected chi connectivity index (χ1v) is 16.3. The van der Waals surface area contributed by atoms with Gasteiger partial charge in [-0.15, -0.1) is 0 Å². The summed E-state index contributed by atoms with van der Waals surface area (Å²) in [5.74, 6) is -2.38. The molecule has 46 heavy (non-hydrogen) atoms. The van der Waals surface area contributed by atoms with Gasteiger partial charge in [0.1, 0.15) is 23.9 Å². The smallest absolute Gasteiger partial charge is 0.326 e. The molecule has 4 aromatic rings. The van der Waals surface area contributed by atoms with Crippen LogP contribution in [-0.4, -0.2) is 75.1 Å². The Morgan fingerprint density at radius 3 is 2.00 bits per heavy atom. The second kappa shape index (κ2) is 16.5. The number of aromatic amines is 1. The number of carboxylic acids is 1. The number of carboxylic acid groups (broad SMARTS) is 1. The number of nitrogens with two attached hydrogens (primary N) is 1. The van der Waals surface area contributed by atoms with Crippen molar-refractivity contribution >= 4 is 46.4 Å². The van der Waals surface area contributed by atoms with Gasteiger partial charge in [-0.05, 0) is 53.3 Å². The first-order chi connectivity index (χ1) is 22.1. The van der Waals surface area contributed by atoms with E-state index in [1.165, 1.54) is 12.1 Å². The summed E-state index contributed by atoms with van der Waals surface area (Å²) in [6, 6.07) is 18.2. The van der Waals surface area contributed by atoms with Gasteiger partial charge in [0, 0.05) is 36.4 Å². The molecule has 3 aromatic carbocycles. The van der Waals surface area contributed by atoms with Crippen LogP contribution in [0.15, 0.2) is 85.1 Å². The number of benzene rings is 3. The number of carbonyl (C=O) groups excluding carboxylic acids is 3. The van der Waals surface area contributed by atoms with Gasteiger partial charge in [0.2, 0.25) is 17.7 Å². The molecule has 0 radical (unpaired) electrons. The molecule has 1 aromatic heterocycles. The van der Waals surface area contributed by atoms with Gasteiger partial charge in [0.25, 0.3) is 0 Å². The van der Waals surface area contributed by atoms with Crippen molar-refractivity contribution < 1.29 is 29.4 Å². The molecule has 242 valence electrons. The molecule has 0 saturated heterocycles. The van der Waals surface area contributed by atoms with Crippen LogP contribution in [0, 0.1) is 0 Å². The Morgan fingerprint density at radius 2 is 1.33 bits per heavy atom. The zero-order chi connectivity index (χ0) is 33.1. The third kappa shape index (κ3) is 9.59. The van der Waals surface area contributed by atoms with Gasteiger partial charge in [-0.25, -0.2) is 4.79 Å². The maximum absolute atomic E-state index is 13.9. The number of fused-ring (bicyclic) bond motifs is 1. The van der Waals surface area contributed by atoms with Crippen molar-refractivity contribution in [2.45, 2.75) is 49.9 Å². The fourth-order valence-corrected chi connectivity index (χ4v) is 5.55. The number of phenolic OH excluding ortho intramolecular Hbond substituents is 1. The number of hydrogen-bond donors (Lipinski definition) is 7. The molecule has 0 aliphatic rings. The molecule has 0 saturated carbocycles. The number of rotatable bonds is 16. The number of nitrogens with one attached hydrogen (secondary N) is 4. The molecular weight excluding hydrogens is 606 g/mol. The lowest BCUT2D eigenvalue weighted by atomic mass is 10.0. The van der Waals surface area contributed by atoms with Crippen LogP contribution in [0.25, 0.3) is 10.9 Å². The van der Waals surface area contributed by atoms with Crippen molar-refractivity contribution in [2.24, 2.45) is 5.73 Å². The average Bonchev–Trinajstić information content (AvgIpc) is 3.46. The van der Waals surface area contributed by atoms with Crippen LogP contribution in [0.4, 0.5) is 0 Å². The Labute approximate surface area is 271 Å². The SMILES string of the molecule is CSCCC(N)C(=O)NC(Cc1c[nH]c2ccccc12)C(=O)NC(Cc1ccc(O)cc1)C(=O)NC(Cc1ccccc1)C(=O)O. The number of thioether (sulfide) groups is 1. The molecule has 4 atom stereocenters. The van der Waals surface area contributed by atoms with Crippen molar-refractivity contribution in [1.29, 1.82) is 0 Å². The average molecular weight is 646 g/mol. The summed E-state index contributed by atoms with van der Waals surface area (Å²) < 4.78 is 0. The molecule has 11 nitrogen and oxygen atoms in total. The van der Waals surface area contributed by atoms with E-state index in [1.807, 2.05) is 36.6 Å². The van der Waals surface area contributed by atoms with E-state index in [1.54, 1.807) is 54.4 Å². The van der Waals surface area contributed by atoms with E-state index in [0.717, 1.165) is 16.5 Å². The summed E-state index contributed by atoms with van der Waals surface area (Å²) in [4.78, 5) is 56.0. The maximum Gasteiger partial charge on any atom is 0.326 e. The number of H-pyrrole nitrogens is 1. The van der Waals surface area contributed by atoms with E-state index < -0.39 is 47.9 Å². The summed E-state index contributed by atoms with van der Waals surface area (Å²) >= 11 is 1.55. The van der Waals surface area contributed by atoms with E-state index in [2.05, 4.69) is 20.9 Å². The number of amides is 3. The van der Waals surface area contributed by atoms with Gasteiger partial charge in [-0.3, -0.25) is 14.4 Å². The van der Waals surface area contributed by atoms with Gasteiger partial charge >= 0.3 is 5.97 Å². The Morgan fingerprint density at radius 1 is 0.761 bits per heavy atom. The molecule has 8 N–H and O–H groups in total. The first-order valence-electron chi connectivity index (χ1n) is 14.9. The lowest BCUT2D eigenvalue weighted by molar-refractivity contribution is -0.142. The molecular formula is C34H39N5O6S. The lowest BCUT2D eigenvalue weighted by Gasteiger charge is -2.25. The number of aliphatic carboxylic acids is 1. The monoisotopic (exact) mass is 645 g/mol. The first kappa shape index (κ1) is 34.1. The largest absolute Gasteiger partial charge is 0.508 e. The number of phenols is 1. The predicted octanol–water partition coefficient (Wildman–Crippen LogP) is 2.52. The van der Waals surface area contributed by atoms with Crippen LogP contribution >= 0.6 is 11.8 Å². The lowest BCUT2D eigenvalue weighted by Crippen LogP contribution is -2.58. The molecule has 0 bridgehead atoms. The highest BCUT2D eigenvalue weighted by Gasteiger charge is 2.31. The third-order valence-corrected chi connectivity index (χ3v) is 8.25. The molecule has 0 spiro atoms. The van der Waals surface area contributed by atoms with E-state index in [-0.39, 0.29) is 25.0 Å². The van der Waals surface area contributed by atoms with Crippen LogP contribution in [0.1, 0.15) is 23.1 Å². The van der Waals surface area contributed by atoms with Crippen molar-refractivity contribution in [1.82, 2.24) is 20.9 Å². The van der Waals surface area contributed by atoms with Gasteiger partial charge in [-0.1, -0.05) is 60.7 Å². The number of para-hydroxylation sites is 1. The Kier molecular flexibility index (Phi) is 12.2. The van der Waals surface area contributed by atoms with Crippen molar-refractivity contribution in [3.8, 4) is 5.75 Å². The minimum absolute atomic E-state index is 0.00345. The quantitative estimate of drug-likeness (QED) is 0.0969. The zero-order valence-corrected chi connectivity index (χ0v) is 26.3. The number of carbonyl (C=O) groups is 4. The molecule has 0 fully saturated rings. The standard InChI is InChI=1S/C34H39N5O6S/c1-46-16-15-26(35)31(41)37-29(19-23-20-36-27-10-6-5-9-25(23)27)33(43)38-28(17-22-11-13-24(40)14-12-22)32(42)39-30(34(44)45)18-21-7-3-2-4-8-21/h2-14,20,26,28-30,36,40H,15-19,35H2,1H3,(H,37,41)(H,38,43)(H,39,42)(H,44,45). The van der Waals surface area contributed by atoms with Gasteiger partial charge in [-0.2, -0.15) is 11.8 Å². The minimum atomic E-state index is -1.26. The molecule has 1 heterocycles. The predicted molar refractivity (Wildman–Crippen MR) is 178 cm³/mol. The van der Waals surface area contributed by atoms with Gasteiger partial charge in [0.05, 0.1) is 6.04 Å². The maximum atomic E-state index is 13.9. The minimum Gasteiger partial charge on any atom is -0.508 e. The molecule has 3 amide bonds. The molecule has 0 aliphatic heterocycles. The molecule has 4 unspecified atom stereocenters. The topological polar surface area (TPSA) is 187 Å². The van der Waals surface area contributed by atoms with Crippen LogP contribution in [0.3, 0.4) is 0 Å². The fourth-order valence-electron chi connectivity index (χ4n) is 5.06. The van der Waals surface area contributed by atoms with E-state index in [9.17, 15) is 29.4 Å². The summed E-state index contributed by atoms with van der Waals surface area (Å²) in [5, 5.41) is 28.6. The van der Waals surface area contributed by atoms with Crippen LogP contribution < -0.4 is 21.7 Å². The summed E-state index contributed by atoms with van der Waals surface area (Å²) in [5.41, 5.74) is 9.10. The zero-order valence-electron chi connectivity index (χ0n) is 25.4. The second-order valence-corrected chi connectivity index (χ2v) is 12.0. The van der Waals surface area contributed by atoms with E-state index >= 15 is 0 Å². The van der Waals surface area contributed by atoms with Crippen molar-refractivity contribution in [3.63, 3.8) is 0 Å². The normalized spacial score (nSPS) is 13.7. The Balaban J connectivity index is 1.59. The summed E-state index contributed by atoms with van der Waals surface area (Å²) in [6.45, 7) is 0. The molecule has 0 aliphatic carbocycles. The van der Waals surface area contributed by atoms with Crippen LogP contribution in [0.2, 0.25) is 0 Å². The van der Waals surface area contributed by atoms with Crippen LogP contribution in [-0.2, 0) is 38.4 Å². The second-order valence-electron chi connectivity index (χ2n) is 11.0. The van der Waals surface area contributed by atoms with Crippen molar-refractivity contribution in [3.05, 3.63) is 102 Å². The highest BCUT2D eigenvalue weighted by atomic mass is 32.2. The Bertz CT molecular complexity index is 1630. The van der Waals surface area contributed by atoms with E-state index in [4.69, 9.17) is 5.73 Å². The Hall–Kier alpha value is -4.81. The molecule has 4 rings (SSSR count). The highest BCUT2D eigenvalue weighted by Crippen LogP contribution is 2.20. The highest BCUT2D eigenvalue weighted by molar-refractivity contribution is 7.98. The molecule has 12 heteroatoms. The van der Waals surface area contributed by atoms with Crippen LogP contribution in [0.5, 0.6) is 5.75 Å². The third-order valence-electron chi connectivity index (χ3n) is 7.61.